The summed E-state index contributed by atoms with van der Waals surface area (Å²) in [5, 5.41) is 17.4. The van der Waals surface area contributed by atoms with E-state index < -0.39 is 30.4 Å². The summed E-state index contributed by atoms with van der Waals surface area (Å²) in [6.45, 7) is 1.25. The number of carboxylic acids is 2. The minimum Gasteiger partial charge on any atom is -0.481 e. The summed E-state index contributed by atoms with van der Waals surface area (Å²) in [4.78, 5) is 31.1. The second-order valence-corrected chi connectivity index (χ2v) is 2.73. The third-order valence-corrected chi connectivity index (χ3v) is 1.90. The molecule has 0 aromatic carbocycles. The third kappa shape index (κ3) is 3.42. The number of carbonyl (C=O) groups is 3. The van der Waals surface area contributed by atoms with Crippen molar-refractivity contribution in [2.75, 3.05) is 6.61 Å². The largest absolute Gasteiger partial charge is 0.481 e. The molecular weight excluding hydrogens is 192 g/mol. The molecule has 0 heterocycles. The molecule has 0 aliphatic heterocycles. The molecule has 0 rings (SSSR count). The molecule has 0 bridgehead atoms. The molecule has 0 spiro atoms. The van der Waals surface area contributed by atoms with Gasteiger partial charge in [0.1, 0.15) is 12.5 Å². The molecule has 0 radical (unpaired) electrons. The standard InChI is InChI=1S/C8H12O6/c1-2-5(7(10)11)6(8(12)13)3-14-4-9/h4-6H,2-3H2,1H3,(H,10,11)(H,12,13). The van der Waals surface area contributed by atoms with E-state index in [1.807, 2.05) is 0 Å². The van der Waals surface area contributed by atoms with Gasteiger partial charge in [0.15, 0.2) is 0 Å². The van der Waals surface area contributed by atoms with Gasteiger partial charge in [0.2, 0.25) is 0 Å². The van der Waals surface area contributed by atoms with Gasteiger partial charge in [0.05, 0.1) is 5.92 Å². The highest BCUT2D eigenvalue weighted by molar-refractivity contribution is 5.80. The number of carboxylic acid groups (broad SMARTS) is 2. The van der Waals surface area contributed by atoms with Crippen molar-refractivity contribution < 1.29 is 29.3 Å². The van der Waals surface area contributed by atoms with E-state index in [2.05, 4.69) is 4.74 Å². The summed E-state index contributed by atoms with van der Waals surface area (Å²) in [5.41, 5.74) is 0. The molecule has 6 heteroatoms. The lowest BCUT2D eigenvalue weighted by Crippen LogP contribution is -2.32. The van der Waals surface area contributed by atoms with Crippen LogP contribution in [0.15, 0.2) is 0 Å². The second kappa shape index (κ2) is 5.95. The van der Waals surface area contributed by atoms with Crippen LogP contribution in [0, 0.1) is 11.8 Å². The Morgan fingerprint density at radius 1 is 1.29 bits per heavy atom. The summed E-state index contributed by atoms with van der Waals surface area (Å²) in [5.74, 6) is -4.70. The maximum absolute atomic E-state index is 10.7. The summed E-state index contributed by atoms with van der Waals surface area (Å²) in [6.07, 6.45) is 0.175. The molecule has 0 aromatic rings. The molecule has 0 saturated heterocycles. The molecule has 0 saturated carbocycles. The van der Waals surface area contributed by atoms with Crippen molar-refractivity contribution in [2.24, 2.45) is 11.8 Å². The fourth-order valence-corrected chi connectivity index (χ4v) is 1.13. The molecule has 0 aromatic heterocycles. The Balaban J connectivity index is 4.51. The van der Waals surface area contributed by atoms with Gasteiger partial charge in [0.25, 0.3) is 6.47 Å². The molecule has 2 N–H and O–H groups in total. The zero-order chi connectivity index (χ0) is 11.1. The Hall–Kier alpha value is -1.59. The molecule has 6 nitrogen and oxygen atoms in total. The number of rotatable bonds is 7. The lowest BCUT2D eigenvalue weighted by atomic mass is 9.91. The molecule has 0 amide bonds. The monoisotopic (exact) mass is 204 g/mol. The Morgan fingerprint density at radius 3 is 2.07 bits per heavy atom. The quantitative estimate of drug-likeness (QED) is 0.565. The SMILES string of the molecule is CCC(C(=O)O)C(COC=O)C(=O)O. The Bertz CT molecular complexity index is 224. The average Bonchev–Trinajstić information content (AvgIpc) is 2.10. The van der Waals surface area contributed by atoms with Gasteiger partial charge < -0.3 is 14.9 Å². The van der Waals surface area contributed by atoms with E-state index in [-0.39, 0.29) is 12.9 Å². The number of hydrogen-bond acceptors (Lipinski definition) is 4. The average molecular weight is 204 g/mol. The maximum Gasteiger partial charge on any atom is 0.310 e. The van der Waals surface area contributed by atoms with Crippen molar-refractivity contribution in [3.63, 3.8) is 0 Å². The van der Waals surface area contributed by atoms with Crippen molar-refractivity contribution in [3.8, 4) is 0 Å². The van der Waals surface area contributed by atoms with E-state index in [4.69, 9.17) is 10.2 Å². The van der Waals surface area contributed by atoms with Crippen LogP contribution in [0.5, 0.6) is 0 Å². The molecule has 2 atom stereocenters. The Labute approximate surface area is 80.5 Å². The van der Waals surface area contributed by atoms with Crippen molar-refractivity contribution >= 4 is 18.4 Å². The Morgan fingerprint density at radius 2 is 1.79 bits per heavy atom. The van der Waals surface area contributed by atoms with E-state index in [1.54, 1.807) is 6.92 Å². The topological polar surface area (TPSA) is 101 Å². The first-order chi connectivity index (χ1) is 6.54. The van der Waals surface area contributed by atoms with E-state index in [0.29, 0.717) is 0 Å². The fourth-order valence-electron chi connectivity index (χ4n) is 1.13. The van der Waals surface area contributed by atoms with Gasteiger partial charge >= 0.3 is 11.9 Å². The van der Waals surface area contributed by atoms with E-state index in [1.165, 1.54) is 0 Å². The summed E-state index contributed by atoms with van der Waals surface area (Å²) < 4.78 is 4.27. The van der Waals surface area contributed by atoms with Crippen LogP contribution >= 0.6 is 0 Å². The number of hydrogen-bond donors (Lipinski definition) is 2. The van der Waals surface area contributed by atoms with E-state index in [9.17, 15) is 14.4 Å². The van der Waals surface area contributed by atoms with Crippen LogP contribution in [0.2, 0.25) is 0 Å². The van der Waals surface area contributed by atoms with Gasteiger partial charge in [0, 0.05) is 0 Å². The summed E-state index contributed by atoms with van der Waals surface area (Å²) in [6, 6.07) is 0. The van der Waals surface area contributed by atoms with Crippen LogP contribution < -0.4 is 0 Å². The normalized spacial score (nSPS) is 14.1. The van der Waals surface area contributed by atoms with Crippen LogP contribution in [-0.4, -0.2) is 35.2 Å². The van der Waals surface area contributed by atoms with Crippen molar-refractivity contribution in [1.82, 2.24) is 0 Å². The van der Waals surface area contributed by atoms with Gasteiger partial charge in [-0.2, -0.15) is 0 Å². The fraction of sp³-hybridized carbons (Fsp3) is 0.625. The van der Waals surface area contributed by atoms with Crippen molar-refractivity contribution in [2.45, 2.75) is 13.3 Å². The lowest BCUT2D eigenvalue weighted by molar-refractivity contribution is -0.157. The highest BCUT2D eigenvalue weighted by Gasteiger charge is 2.32. The van der Waals surface area contributed by atoms with Gasteiger partial charge in [-0.3, -0.25) is 14.4 Å². The molecule has 0 aliphatic carbocycles. The van der Waals surface area contributed by atoms with Gasteiger partial charge in [-0.1, -0.05) is 6.92 Å². The molecule has 0 aliphatic rings. The first-order valence-corrected chi connectivity index (χ1v) is 4.05. The molecule has 2 unspecified atom stereocenters. The minimum absolute atomic E-state index is 0.102. The number of aliphatic carboxylic acids is 2. The number of carbonyl (C=O) groups excluding carboxylic acids is 1. The van der Waals surface area contributed by atoms with Crippen molar-refractivity contribution in [3.05, 3.63) is 0 Å². The maximum atomic E-state index is 10.7. The molecule has 14 heavy (non-hydrogen) atoms. The van der Waals surface area contributed by atoms with Crippen LogP contribution in [-0.2, 0) is 19.1 Å². The highest BCUT2D eigenvalue weighted by atomic mass is 16.5. The molecule has 0 fully saturated rings. The smallest absolute Gasteiger partial charge is 0.310 e. The van der Waals surface area contributed by atoms with Crippen molar-refractivity contribution in [1.29, 1.82) is 0 Å². The highest BCUT2D eigenvalue weighted by Crippen LogP contribution is 2.17. The summed E-state index contributed by atoms with van der Waals surface area (Å²) >= 11 is 0. The van der Waals surface area contributed by atoms with E-state index >= 15 is 0 Å². The summed E-state index contributed by atoms with van der Waals surface area (Å²) in [7, 11) is 0. The number of ether oxygens (including phenoxy) is 1. The van der Waals surface area contributed by atoms with E-state index in [0.717, 1.165) is 0 Å². The van der Waals surface area contributed by atoms with Gasteiger partial charge in [-0.05, 0) is 6.42 Å². The lowest BCUT2D eigenvalue weighted by Gasteiger charge is -2.17. The molecular formula is C8H12O6. The predicted molar refractivity (Wildman–Crippen MR) is 44.6 cm³/mol. The molecule has 80 valence electrons. The second-order valence-electron chi connectivity index (χ2n) is 2.73. The van der Waals surface area contributed by atoms with Gasteiger partial charge in [-0.25, -0.2) is 0 Å². The third-order valence-electron chi connectivity index (χ3n) is 1.90. The zero-order valence-corrected chi connectivity index (χ0v) is 7.67. The van der Waals surface area contributed by atoms with Crippen LogP contribution in [0.4, 0.5) is 0 Å². The zero-order valence-electron chi connectivity index (χ0n) is 7.67. The first kappa shape index (κ1) is 12.4. The first-order valence-electron chi connectivity index (χ1n) is 4.05. The van der Waals surface area contributed by atoms with Gasteiger partial charge in [-0.15, -0.1) is 0 Å². The van der Waals surface area contributed by atoms with Crippen LogP contribution in [0.3, 0.4) is 0 Å². The Kier molecular flexibility index (Phi) is 5.28. The predicted octanol–water partition coefficient (Wildman–Crippen LogP) is -0.0290. The van der Waals surface area contributed by atoms with Crippen LogP contribution in [0.25, 0.3) is 0 Å². The minimum atomic E-state index is -1.28. The van der Waals surface area contributed by atoms with Crippen LogP contribution in [0.1, 0.15) is 13.3 Å².